The molecule has 0 amide bonds. The van der Waals surface area contributed by atoms with Crippen LogP contribution in [0, 0.1) is 0 Å². The first-order chi connectivity index (χ1) is 19.2. The first-order valence-corrected chi connectivity index (χ1v) is 13.4. The molecular weight excluding hydrogens is 496 g/mol. The molecule has 0 saturated heterocycles. The Hall–Kier alpha value is -4.72. The first-order valence-electron chi connectivity index (χ1n) is 13.0. The van der Waals surface area contributed by atoms with Crippen molar-refractivity contribution in [2.24, 2.45) is 0 Å². The predicted molar refractivity (Wildman–Crippen MR) is 162 cm³/mol. The maximum atomic E-state index is 14.3. The van der Waals surface area contributed by atoms with Crippen molar-refractivity contribution in [1.82, 2.24) is 0 Å². The first kappa shape index (κ1) is 23.4. The Morgan fingerprint density at radius 3 is 1.28 bits per heavy atom. The number of hydrogen-bond acceptors (Lipinski definition) is 1. The van der Waals surface area contributed by atoms with Gasteiger partial charge in [-0.2, -0.15) is 0 Å². The molecule has 0 bridgehead atoms. The van der Waals surface area contributed by atoms with Crippen LogP contribution in [0.2, 0.25) is 5.02 Å². The van der Waals surface area contributed by atoms with E-state index >= 15 is 0 Å². The van der Waals surface area contributed by atoms with E-state index in [1.165, 1.54) is 0 Å². The molecule has 0 N–H and O–H groups in total. The number of rotatable bonds is 4. The molecule has 1 nitrogen and oxygen atoms in total. The highest BCUT2D eigenvalue weighted by Crippen LogP contribution is 2.56. The van der Waals surface area contributed by atoms with Crippen LogP contribution in [0.1, 0.15) is 15.9 Å². The average Bonchev–Trinajstić information content (AvgIpc) is 3.29. The summed E-state index contributed by atoms with van der Waals surface area (Å²) in [6.45, 7) is 0. The Bertz CT molecular complexity index is 1860. The Kier molecular flexibility index (Phi) is 5.73. The summed E-state index contributed by atoms with van der Waals surface area (Å²) >= 11 is 6.57. The van der Waals surface area contributed by atoms with Crippen molar-refractivity contribution in [3.8, 4) is 55.6 Å². The molecule has 0 aliphatic heterocycles. The Morgan fingerprint density at radius 1 is 0.359 bits per heavy atom. The molecule has 6 aromatic rings. The molecule has 0 atom stereocenters. The van der Waals surface area contributed by atoms with Crippen LogP contribution in [0.4, 0.5) is 0 Å². The molecule has 7 rings (SSSR count). The second-order valence-electron chi connectivity index (χ2n) is 9.73. The number of benzene rings is 6. The third-order valence-electron chi connectivity index (χ3n) is 7.47. The zero-order chi connectivity index (χ0) is 26.3. The molecule has 2 heteroatoms. The second kappa shape index (κ2) is 9.54. The van der Waals surface area contributed by atoms with Crippen LogP contribution in [0.25, 0.3) is 55.6 Å². The van der Waals surface area contributed by atoms with Gasteiger partial charge in [-0.25, -0.2) is 0 Å². The average molecular weight is 519 g/mol. The third-order valence-corrected chi connectivity index (χ3v) is 7.70. The lowest BCUT2D eigenvalue weighted by Gasteiger charge is -2.25. The summed E-state index contributed by atoms with van der Waals surface area (Å²) in [5, 5.41) is 0.636. The Morgan fingerprint density at radius 2 is 0.769 bits per heavy atom. The highest BCUT2D eigenvalue weighted by molar-refractivity contribution is 6.32. The zero-order valence-electron chi connectivity index (χ0n) is 21.1. The molecule has 39 heavy (non-hydrogen) atoms. The highest BCUT2D eigenvalue weighted by Gasteiger charge is 2.36. The van der Waals surface area contributed by atoms with Gasteiger partial charge in [-0.3, -0.25) is 4.79 Å². The monoisotopic (exact) mass is 518 g/mol. The van der Waals surface area contributed by atoms with Gasteiger partial charge in [0.15, 0.2) is 5.78 Å². The van der Waals surface area contributed by atoms with Crippen LogP contribution in [0.3, 0.4) is 0 Å². The van der Waals surface area contributed by atoms with Gasteiger partial charge in [-0.15, -0.1) is 0 Å². The summed E-state index contributed by atoms with van der Waals surface area (Å²) in [6, 6.07) is 47.2. The summed E-state index contributed by atoms with van der Waals surface area (Å²) < 4.78 is 0. The number of carbonyl (C=O) groups is 1. The SMILES string of the molecule is O=C1c2ccccc2-c2c1c(-c1cccc(Cl)c1)c(-c1ccccc1)c(-c1ccccc1)c2-c1ccccc1. The van der Waals surface area contributed by atoms with Crippen molar-refractivity contribution in [2.45, 2.75) is 0 Å². The largest absolute Gasteiger partial charge is 0.289 e. The maximum absolute atomic E-state index is 14.3. The number of hydrogen-bond donors (Lipinski definition) is 0. The molecule has 1 aliphatic rings. The molecule has 0 unspecified atom stereocenters. The van der Waals surface area contributed by atoms with Gasteiger partial charge < -0.3 is 0 Å². The minimum Gasteiger partial charge on any atom is -0.289 e. The van der Waals surface area contributed by atoms with Crippen molar-refractivity contribution < 1.29 is 4.79 Å². The van der Waals surface area contributed by atoms with Gasteiger partial charge in [0.2, 0.25) is 0 Å². The van der Waals surface area contributed by atoms with Crippen molar-refractivity contribution >= 4 is 17.4 Å². The molecule has 0 heterocycles. The van der Waals surface area contributed by atoms with E-state index in [1.54, 1.807) is 0 Å². The molecule has 0 fully saturated rings. The van der Waals surface area contributed by atoms with E-state index in [0.717, 1.165) is 66.8 Å². The number of carbonyl (C=O) groups excluding carboxylic acids is 1. The van der Waals surface area contributed by atoms with Crippen LogP contribution in [-0.2, 0) is 0 Å². The van der Waals surface area contributed by atoms with Crippen molar-refractivity contribution in [3.63, 3.8) is 0 Å². The topological polar surface area (TPSA) is 17.1 Å². The van der Waals surface area contributed by atoms with Gasteiger partial charge in [0, 0.05) is 27.3 Å². The van der Waals surface area contributed by atoms with Crippen LogP contribution in [-0.4, -0.2) is 5.78 Å². The van der Waals surface area contributed by atoms with Gasteiger partial charge in [0.1, 0.15) is 0 Å². The lowest BCUT2D eigenvalue weighted by Crippen LogP contribution is -2.04. The number of fused-ring (bicyclic) bond motifs is 3. The minimum absolute atomic E-state index is 0.0459. The Balaban J connectivity index is 1.78. The van der Waals surface area contributed by atoms with Crippen molar-refractivity contribution in [2.75, 3.05) is 0 Å². The van der Waals surface area contributed by atoms with Crippen LogP contribution < -0.4 is 0 Å². The van der Waals surface area contributed by atoms with Gasteiger partial charge >= 0.3 is 0 Å². The van der Waals surface area contributed by atoms with Crippen LogP contribution >= 0.6 is 11.6 Å². The number of halogens is 1. The van der Waals surface area contributed by atoms with E-state index in [4.69, 9.17) is 11.6 Å². The highest BCUT2D eigenvalue weighted by atomic mass is 35.5. The van der Waals surface area contributed by atoms with Gasteiger partial charge in [0.05, 0.1) is 0 Å². The van der Waals surface area contributed by atoms with Crippen LogP contribution in [0.15, 0.2) is 140 Å². The van der Waals surface area contributed by atoms with Crippen molar-refractivity contribution in [1.29, 1.82) is 0 Å². The summed E-state index contributed by atoms with van der Waals surface area (Å²) in [7, 11) is 0. The fourth-order valence-electron chi connectivity index (χ4n) is 5.89. The maximum Gasteiger partial charge on any atom is 0.194 e. The van der Waals surface area contributed by atoms with E-state index in [9.17, 15) is 4.79 Å². The van der Waals surface area contributed by atoms with E-state index in [1.807, 2.05) is 54.6 Å². The van der Waals surface area contributed by atoms with E-state index < -0.39 is 0 Å². The molecule has 184 valence electrons. The van der Waals surface area contributed by atoms with E-state index in [-0.39, 0.29) is 5.78 Å². The fraction of sp³-hybridized carbons (Fsp3) is 0. The molecule has 6 aromatic carbocycles. The van der Waals surface area contributed by atoms with Gasteiger partial charge in [-0.05, 0) is 56.6 Å². The molecule has 0 saturated carbocycles. The lowest BCUT2D eigenvalue weighted by atomic mass is 9.77. The van der Waals surface area contributed by atoms with Crippen molar-refractivity contribution in [3.05, 3.63) is 156 Å². The smallest absolute Gasteiger partial charge is 0.194 e. The zero-order valence-corrected chi connectivity index (χ0v) is 21.8. The number of ketones is 1. The third kappa shape index (κ3) is 3.82. The summed E-state index contributed by atoms with van der Waals surface area (Å²) in [5.41, 5.74) is 11.7. The molecular formula is C37H23ClO. The normalized spacial score (nSPS) is 11.8. The molecule has 1 aliphatic carbocycles. The quantitative estimate of drug-likeness (QED) is 0.226. The van der Waals surface area contributed by atoms with E-state index in [0.29, 0.717) is 5.02 Å². The summed E-state index contributed by atoms with van der Waals surface area (Å²) in [5.74, 6) is 0.0459. The van der Waals surface area contributed by atoms with Gasteiger partial charge in [-0.1, -0.05) is 139 Å². The van der Waals surface area contributed by atoms with Crippen LogP contribution in [0.5, 0.6) is 0 Å². The molecule has 0 radical (unpaired) electrons. The molecule has 0 spiro atoms. The fourth-order valence-corrected chi connectivity index (χ4v) is 6.08. The Labute approximate surface area is 233 Å². The summed E-state index contributed by atoms with van der Waals surface area (Å²) in [4.78, 5) is 14.3. The minimum atomic E-state index is 0.0459. The lowest BCUT2D eigenvalue weighted by molar-refractivity contribution is 0.104. The van der Waals surface area contributed by atoms with E-state index in [2.05, 4.69) is 84.9 Å². The van der Waals surface area contributed by atoms with Gasteiger partial charge in [0.25, 0.3) is 0 Å². The summed E-state index contributed by atoms with van der Waals surface area (Å²) in [6.07, 6.45) is 0. The molecule has 0 aromatic heterocycles. The second-order valence-corrected chi connectivity index (χ2v) is 10.2. The predicted octanol–water partition coefficient (Wildman–Crippen LogP) is 10.2. The standard InChI is InChI=1S/C37H23ClO/c38-28-20-12-19-27(23-28)34-32(25-15-6-2-7-16-25)31(24-13-4-1-5-14-24)33(26-17-8-3-9-18-26)35-29-21-10-11-22-30(29)37(39)36(34)35/h1-23H.